The Morgan fingerprint density at radius 2 is 1.84 bits per heavy atom. The van der Waals surface area contributed by atoms with Crippen molar-refractivity contribution in [2.45, 2.75) is 44.7 Å². The van der Waals surface area contributed by atoms with Crippen molar-refractivity contribution in [2.75, 3.05) is 10.6 Å². The Morgan fingerprint density at radius 3 is 2.61 bits per heavy atom. The molecule has 192 valence electrons. The second kappa shape index (κ2) is 8.72. The lowest BCUT2D eigenvalue weighted by Crippen LogP contribution is -2.35. The van der Waals surface area contributed by atoms with Crippen LogP contribution in [0, 0.1) is 0 Å². The molecule has 2 aromatic heterocycles. The van der Waals surface area contributed by atoms with E-state index < -0.39 is 17.0 Å². The van der Waals surface area contributed by atoms with Crippen LogP contribution in [0.5, 0.6) is 5.88 Å². The highest BCUT2D eigenvalue weighted by atomic mass is 16.3. The summed E-state index contributed by atoms with van der Waals surface area (Å²) in [7, 11) is 0. The summed E-state index contributed by atoms with van der Waals surface area (Å²) < 4.78 is 2.58. The minimum Gasteiger partial charge on any atom is -0.493 e. The Kier molecular flexibility index (Phi) is 5.45. The number of carbonyl (C=O) groups is 2. The van der Waals surface area contributed by atoms with E-state index >= 15 is 0 Å². The molecule has 6 rings (SSSR count). The van der Waals surface area contributed by atoms with Gasteiger partial charge in [0.25, 0.3) is 0 Å². The van der Waals surface area contributed by atoms with E-state index in [2.05, 4.69) is 15.6 Å². The number of pyridine rings is 1. The summed E-state index contributed by atoms with van der Waals surface area (Å²) in [6, 6.07) is 18.2. The SMILES string of the molecule is CC(C)n1c(O)c(-c2ccccc2)n(CC(=O)Nc2ccc3c(c2)C[C@@]2(C3)C(=O)Nc3ncccc32)c1=O. The number of anilines is 2. The Morgan fingerprint density at radius 1 is 1.08 bits per heavy atom. The number of aromatic nitrogens is 3. The lowest BCUT2D eigenvalue weighted by Gasteiger charge is -2.20. The number of benzene rings is 2. The zero-order chi connectivity index (χ0) is 26.6. The maximum Gasteiger partial charge on any atom is 0.332 e. The maximum atomic E-state index is 13.2. The molecule has 2 aromatic carbocycles. The highest BCUT2D eigenvalue weighted by Crippen LogP contribution is 2.47. The molecule has 2 amide bonds. The summed E-state index contributed by atoms with van der Waals surface area (Å²) >= 11 is 0. The molecule has 1 atom stereocenters. The average Bonchev–Trinajstić information content (AvgIpc) is 3.49. The number of aromatic hydroxyl groups is 1. The first-order valence-electron chi connectivity index (χ1n) is 12.6. The number of carbonyl (C=O) groups excluding carboxylic acids is 2. The van der Waals surface area contributed by atoms with Crippen LogP contribution < -0.4 is 16.3 Å². The molecule has 4 aromatic rings. The highest BCUT2D eigenvalue weighted by Gasteiger charge is 2.51. The van der Waals surface area contributed by atoms with Crippen LogP contribution in [-0.2, 0) is 34.4 Å². The van der Waals surface area contributed by atoms with E-state index in [0.29, 0.717) is 35.6 Å². The predicted octanol–water partition coefficient (Wildman–Crippen LogP) is 3.63. The molecule has 38 heavy (non-hydrogen) atoms. The van der Waals surface area contributed by atoms with Crippen LogP contribution in [0.2, 0.25) is 0 Å². The van der Waals surface area contributed by atoms with Gasteiger partial charge < -0.3 is 15.7 Å². The fourth-order valence-corrected chi connectivity index (χ4v) is 5.73. The van der Waals surface area contributed by atoms with Crippen molar-refractivity contribution >= 4 is 23.3 Å². The van der Waals surface area contributed by atoms with Crippen LogP contribution >= 0.6 is 0 Å². The molecule has 1 aliphatic heterocycles. The minimum atomic E-state index is -0.691. The number of nitrogens with one attached hydrogen (secondary N) is 2. The zero-order valence-corrected chi connectivity index (χ0v) is 21.1. The number of hydrogen-bond donors (Lipinski definition) is 3. The predicted molar refractivity (Wildman–Crippen MR) is 143 cm³/mol. The van der Waals surface area contributed by atoms with Crippen molar-refractivity contribution in [2.24, 2.45) is 0 Å². The summed E-state index contributed by atoms with van der Waals surface area (Å²) in [5.41, 5.74) is 3.31. The summed E-state index contributed by atoms with van der Waals surface area (Å²) in [4.78, 5) is 43.6. The van der Waals surface area contributed by atoms with Crippen molar-refractivity contribution in [3.63, 3.8) is 0 Å². The topological polar surface area (TPSA) is 118 Å². The summed E-state index contributed by atoms with van der Waals surface area (Å²) in [5, 5.41) is 16.7. The third-order valence-corrected chi connectivity index (χ3v) is 7.48. The van der Waals surface area contributed by atoms with Gasteiger partial charge in [-0.25, -0.2) is 9.78 Å². The lowest BCUT2D eigenvalue weighted by atomic mass is 9.79. The van der Waals surface area contributed by atoms with E-state index in [1.807, 2.05) is 48.5 Å². The third kappa shape index (κ3) is 3.61. The number of fused-ring (bicyclic) bond motifs is 3. The molecule has 0 bridgehead atoms. The third-order valence-electron chi connectivity index (χ3n) is 7.48. The van der Waals surface area contributed by atoms with Crippen LogP contribution in [0.3, 0.4) is 0 Å². The normalized spacial score (nSPS) is 17.5. The molecule has 3 N–H and O–H groups in total. The van der Waals surface area contributed by atoms with E-state index in [1.54, 1.807) is 32.2 Å². The summed E-state index contributed by atoms with van der Waals surface area (Å²) in [6.07, 6.45) is 2.75. The molecule has 0 unspecified atom stereocenters. The molecular formula is C29H27N5O4. The number of hydrogen-bond acceptors (Lipinski definition) is 5. The fraction of sp³-hybridized carbons (Fsp3) is 0.241. The molecule has 0 radical (unpaired) electrons. The summed E-state index contributed by atoms with van der Waals surface area (Å²) in [6.45, 7) is 3.34. The second-order valence-electron chi connectivity index (χ2n) is 10.2. The van der Waals surface area contributed by atoms with Gasteiger partial charge in [-0.1, -0.05) is 42.5 Å². The number of rotatable bonds is 5. The van der Waals surface area contributed by atoms with Crippen molar-refractivity contribution in [3.8, 4) is 17.1 Å². The van der Waals surface area contributed by atoms with Gasteiger partial charge in [0.05, 0.1) is 5.41 Å². The van der Waals surface area contributed by atoms with E-state index in [4.69, 9.17) is 0 Å². The maximum absolute atomic E-state index is 13.2. The fourth-order valence-electron chi connectivity index (χ4n) is 5.73. The molecular weight excluding hydrogens is 482 g/mol. The monoisotopic (exact) mass is 509 g/mol. The van der Waals surface area contributed by atoms with Crippen LogP contribution in [-0.4, -0.2) is 31.0 Å². The van der Waals surface area contributed by atoms with Gasteiger partial charge in [-0.05, 0) is 56.0 Å². The molecule has 3 heterocycles. The van der Waals surface area contributed by atoms with Gasteiger partial charge in [-0.15, -0.1) is 0 Å². The number of nitrogens with zero attached hydrogens (tertiary/aromatic N) is 3. The van der Waals surface area contributed by atoms with E-state index in [-0.39, 0.29) is 24.4 Å². The molecule has 0 saturated heterocycles. The summed E-state index contributed by atoms with van der Waals surface area (Å²) in [5.74, 6) is -0.0206. The first-order valence-corrected chi connectivity index (χ1v) is 12.6. The number of imidazole rings is 1. The first-order chi connectivity index (χ1) is 18.3. The van der Waals surface area contributed by atoms with Crippen molar-refractivity contribution in [1.29, 1.82) is 0 Å². The Balaban J connectivity index is 1.27. The molecule has 1 aliphatic carbocycles. The zero-order valence-electron chi connectivity index (χ0n) is 21.1. The molecule has 0 fully saturated rings. The smallest absolute Gasteiger partial charge is 0.332 e. The van der Waals surface area contributed by atoms with Gasteiger partial charge in [0, 0.05) is 29.1 Å². The van der Waals surface area contributed by atoms with Gasteiger partial charge >= 0.3 is 5.69 Å². The largest absolute Gasteiger partial charge is 0.493 e. The van der Waals surface area contributed by atoms with E-state index in [1.165, 1.54) is 9.13 Å². The Labute approximate surface area is 218 Å². The van der Waals surface area contributed by atoms with Crippen molar-refractivity contribution in [3.05, 3.63) is 94.0 Å². The van der Waals surface area contributed by atoms with Crippen LogP contribution in [0.1, 0.15) is 36.6 Å². The molecule has 0 saturated carbocycles. The van der Waals surface area contributed by atoms with E-state index in [9.17, 15) is 19.5 Å². The van der Waals surface area contributed by atoms with Crippen molar-refractivity contribution < 1.29 is 14.7 Å². The highest BCUT2D eigenvalue weighted by molar-refractivity contribution is 6.06. The quantitative estimate of drug-likeness (QED) is 0.380. The molecule has 2 aliphatic rings. The van der Waals surface area contributed by atoms with Gasteiger partial charge in [-0.3, -0.25) is 18.7 Å². The molecule has 1 spiro atoms. The van der Waals surface area contributed by atoms with Crippen LogP contribution in [0.4, 0.5) is 11.5 Å². The van der Waals surface area contributed by atoms with Crippen LogP contribution in [0.25, 0.3) is 11.3 Å². The average molecular weight is 510 g/mol. The lowest BCUT2D eigenvalue weighted by molar-refractivity contribution is -0.120. The van der Waals surface area contributed by atoms with Gasteiger partial charge in [0.2, 0.25) is 17.7 Å². The standard InChI is InChI=1S/C29H27N5O4/c1-17(2)34-26(36)24(18-7-4-3-5-8-18)33(28(34)38)16-23(35)31-21-11-10-19-14-29(15-20(19)13-21)22-9-6-12-30-25(22)32-27(29)37/h3-13,17,36H,14-16H2,1-2H3,(H,31,35)(H,30,32,37)/t29-/m1/s1. The Hall–Kier alpha value is -4.66. The Bertz CT molecular complexity index is 1650. The van der Waals surface area contributed by atoms with Crippen molar-refractivity contribution in [1.82, 2.24) is 14.1 Å². The van der Waals surface area contributed by atoms with Crippen LogP contribution in [0.15, 0.2) is 71.7 Å². The number of amides is 2. The van der Waals surface area contributed by atoms with Gasteiger partial charge in [0.1, 0.15) is 18.1 Å². The van der Waals surface area contributed by atoms with Gasteiger partial charge in [-0.2, -0.15) is 0 Å². The van der Waals surface area contributed by atoms with E-state index in [0.717, 1.165) is 16.7 Å². The molecule has 9 heteroatoms. The first kappa shape index (κ1) is 23.7. The molecule has 9 nitrogen and oxygen atoms in total. The minimum absolute atomic E-state index is 0.0599. The second-order valence-corrected chi connectivity index (χ2v) is 10.2. The van der Waals surface area contributed by atoms with Gasteiger partial charge in [0.15, 0.2) is 0 Å².